The number of rotatable bonds is 1. The second-order valence-electron chi connectivity index (χ2n) is 4.20. The summed E-state index contributed by atoms with van der Waals surface area (Å²) in [5.41, 5.74) is 1.14. The fourth-order valence-electron chi connectivity index (χ4n) is 2.50. The molecule has 3 heteroatoms. The summed E-state index contributed by atoms with van der Waals surface area (Å²) in [4.78, 5) is 15.5. The topological polar surface area (TPSA) is 42.0 Å². The van der Waals surface area contributed by atoms with Crippen LogP contribution < -0.4 is 5.32 Å². The lowest BCUT2D eigenvalue weighted by Gasteiger charge is -2.54. The lowest BCUT2D eigenvalue weighted by Crippen LogP contribution is -2.64. The van der Waals surface area contributed by atoms with E-state index in [0.29, 0.717) is 0 Å². The third-order valence-electron chi connectivity index (χ3n) is 3.57. The third kappa shape index (κ3) is 0.820. The molecule has 0 aromatic carbocycles. The quantitative estimate of drug-likeness (QED) is 0.677. The van der Waals surface area contributed by atoms with E-state index in [-0.39, 0.29) is 17.4 Å². The van der Waals surface area contributed by atoms with Crippen LogP contribution in [-0.4, -0.2) is 10.9 Å². The maximum Gasteiger partial charge on any atom is 0.229 e. The van der Waals surface area contributed by atoms with Crippen molar-refractivity contribution in [2.24, 2.45) is 5.41 Å². The van der Waals surface area contributed by atoms with Crippen molar-refractivity contribution < 1.29 is 4.79 Å². The molecule has 1 aromatic heterocycles. The van der Waals surface area contributed by atoms with Gasteiger partial charge < -0.3 is 5.32 Å². The molecule has 0 bridgehead atoms. The SMILES string of the molecule is O=C1N[C@H](c2ccncc2)C12CCC2. The Morgan fingerprint density at radius 1 is 1.36 bits per heavy atom. The number of nitrogens with zero attached hydrogens (tertiary/aromatic N) is 1. The molecule has 3 rings (SSSR count). The lowest BCUT2D eigenvalue weighted by molar-refractivity contribution is -0.155. The molecule has 0 unspecified atom stereocenters. The number of amides is 1. The zero-order valence-corrected chi connectivity index (χ0v) is 7.86. The van der Waals surface area contributed by atoms with Crippen LogP contribution in [-0.2, 0) is 4.79 Å². The van der Waals surface area contributed by atoms with Crippen LogP contribution in [0.15, 0.2) is 24.5 Å². The molecule has 1 aromatic rings. The van der Waals surface area contributed by atoms with E-state index in [9.17, 15) is 4.79 Å². The van der Waals surface area contributed by atoms with Crippen molar-refractivity contribution in [2.45, 2.75) is 25.3 Å². The van der Waals surface area contributed by atoms with Crippen molar-refractivity contribution in [1.82, 2.24) is 10.3 Å². The second-order valence-corrected chi connectivity index (χ2v) is 4.20. The van der Waals surface area contributed by atoms with Crippen LogP contribution in [0.1, 0.15) is 30.9 Å². The van der Waals surface area contributed by atoms with Crippen LogP contribution in [0.5, 0.6) is 0 Å². The van der Waals surface area contributed by atoms with E-state index in [1.54, 1.807) is 12.4 Å². The number of β-lactam (4-membered cyclic amide) rings is 1. The normalized spacial score (nSPS) is 27.7. The van der Waals surface area contributed by atoms with Crippen LogP contribution in [0, 0.1) is 5.41 Å². The zero-order chi connectivity index (χ0) is 9.60. The van der Waals surface area contributed by atoms with E-state index in [0.717, 1.165) is 12.8 Å². The molecule has 72 valence electrons. The third-order valence-corrected chi connectivity index (χ3v) is 3.57. The highest BCUT2D eigenvalue weighted by molar-refractivity contribution is 5.91. The standard InChI is InChI=1S/C11H12N2O/c14-10-11(4-1-5-11)9(13-10)8-2-6-12-7-3-8/h2-3,6-7,9H,1,4-5H2,(H,13,14)/t9-/m1/s1. The summed E-state index contributed by atoms with van der Waals surface area (Å²) in [6.07, 6.45) is 6.85. The monoisotopic (exact) mass is 188 g/mol. The van der Waals surface area contributed by atoms with Gasteiger partial charge >= 0.3 is 0 Å². The van der Waals surface area contributed by atoms with Gasteiger partial charge in [0.25, 0.3) is 0 Å². The smallest absolute Gasteiger partial charge is 0.229 e. The minimum atomic E-state index is -0.0542. The molecule has 3 nitrogen and oxygen atoms in total. The Hall–Kier alpha value is -1.38. The van der Waals surface area contributed by atoms with Crippen LogP contribution in [0.3, 0.4) is 0 Å². The summed E-state index contributed by atoms with van der Waals surface area (Å²) < 4.78 is 0. The first kappa shape index (κ1) is 7.97. The van der Waals surface area contributed by atoms with E-state index < -0.39 is 0 Å². The molecule has 1 amide bonds. The van der Waals surface area contributed by atoms with Crippen molar-refractivity contribution >= 4 is 5.91 Å². The van der Waals surface area contributed by atoms with Gasteiger partial charge in [-0.25, -0.2) is 0 Å². The van der Waals surface area contributed by atoms with Gasteiger partial charge in [0, 0.05) is 12.4 Å². The lowest BCUT2D eigenvalue weighted by atomic mass is 9.57. The van der Waals surface area contributed by atoms with E-state index in [2.05, 4.69) is 10.3 Å². The molecular formula is C11H12N2O. The number of pyridine rings is 1. The Kier molecular flexibility index (Phi) is 1.46. The first-order valence-corrected chi connectivity index (χ1v) is 5.04. The van der Waals surface area contributed by atoms with Gasteiger partial charge in [-0.2, -0.15) is 0 Å². The molecule has 1 N–H and O–H groups in total. The van der Waals surface area contributed by atoms with Crippen LogP contribution in [0.25, 0.3) is 0 Å². The van der Waals surface area contributed by atoms with Crippen molar-refractivity contribution in [3.8, 4) is 0 Å². The number of aromatic nitrogens is 1. The molecule has 1 saturated carbocycles. The summed E-state index contributed by atoms with van der Waals surface area (Å²) in [7, 11) is 0. The number of carbonyl (C=O) groups excluding carboxylic acids is 1. The van der Waals surface area contributed by atoms with Crippen molar-refractivity contribution in [3.05, 3.63) is 30.1 Å². The Morgan fingerprint density at radius 2 is 2.07 bits per heavy atom. The van der Waals surface area contributed by atoms with Gasteiger partial charge in [0.1, 0.15) is 0 Å². The number of hydrogen-bond acceptors (Lipinski definition) is 2. The highest BCUT2D eigenvalue weighted by Gasteiger charge is 2.58. The van der Waals surface area contributed by atoms with Gasteiger partial charge in [0.15, 0.2) is 0 Å². The van der Waals surface area contributed by atoms with Gasteiger partial charge in [0.2, 0.25) is 5.91 Å². The highest BCUT2D eigenvalue weighted by atomic mass is 16.2. The number of carbonyl (C=O) groups is 1. The average molecular weight is 188 g/mol. The van der Waals surface area contributed by atoms with E-state index in [4.69, 9.17) is 0 Å². The molecule has 2 heterocycles. The second kappa shape index (κ2) is 2.56. The van der Waals surface area contributed by atoms with Gasteiger partial charge in [-0.15, -0.1) is 0 Å². The molecule has 14 heavy (non-hydrogen) atoms. The molecule has 2 fully saturated rings. The Labute approximate surface area is 82.5 Å². The largest absolute Gasteiger partial charge is 0.348 e. The summed E-state index contributed by atoms with van der Waals surface area (Å²) in [5, 5.41) is 2.99. The van der Waals surface area contributed by atoms with Crippen molar-refractivity contribution in [2.75, 3.05) is 0 Å². The van der Waals surface area contributed by atoms with Crippen LogP contribution >= 0.6 is 0 Å². The van der Waals surface area contributed by atoms with E-state index in [1.807, 2.05) is 12.1 Å². The zero-order valence-electron chi connectivity index (χ0n) is 7.86. The molecule has 2 aliphatic rings. The molecule has 1 atom stereocenters. The first-order chi connectivity index (χ1) is 6.83. The predicted molar refractivity (Wildman–Crippen MR) is 51.4 cm³/mol. The van der Waals surface area contributed by atoms with Crippen LogP contribution in [0.2, 0.25) is 0 Å². The van der Waals surface area contributed by atoms with Gasteiger partial charge in [-0.1, -0.05) is 6.42 Å². The minimum absolute atomic E-state index is 0.0542. The summed E-state index contributed by atoms with van der Waals surface area (Å²) in [5.74, 6) is 0.241. The van der Waals surface area contributed by atoms with Gasteiger partial charge in [-0.05, 0) is 30.5 Å². The summed E-state index contributed by atoms with van der Waals surface area (Å²) in [6.45, 7) is 0. The van der Waals surface area contributed by atoms with Crippen LogP contribution in [0.4, 0.5) is 0 Å². The molecule has 1 saturated heterocycles. The predicted octanol–water partition coefficient (Wildman–Crippen LogP) is 1.42. The van der Waals surface area contributed by atoms with Crippen molar-refractivity contribution in [1.29, 1.82) is 0 Å². The maximum atomic E-state index is 11.5. The van der Waals surface area contributed by atoms with E-state index >= 15 is 0 Å². The molecule has 1 aliphatic heterocycles. The fourth-order valence-corrected chi connectivity index (χ4v) is 2.50. The molecular weight excluding hydrogens is 176 g/mol. The first-order valence-electron chi connectivity index (χ1n) is 5.04. The van der Waals surface area contributed by atoms with Crippen molar-refractivity contribution in [3.63, 3.8) is 0 Å². The summed E-state index contributed by atoms with van der Waals surface area (Å²) in [6, 6.07) is 4.22. The molecule has 0 radical (unpaired) electrons. The summed E-state index contributed by atoms with van der Waals surface area (Å²) >= 11 is 0. The number of hydrogen-bond donors (Lipinski definition) is 1. The molecule has 1 spiro atoms. The maximum absolute atomic E-state index is 11.5. The molecule has 1 aliphatic carbocycles. The Bertz CT molecular complexity index is 370. The van der Waals surface area contributed by atoms with Gasteiger partial charge in [-0.3, -0.25) is 9.78 Å². The van der Waals surface area contributed by atoms with E-state index in [1.165, 1.54) is 12.0 Å². The average Bonchev–Trinajstić information content (AvgIpc) is 2.13. The minimum Gasteiger partial charge on any atom is -0.348 e. The Morgan fingerprint density at radius 3 is 2.57 bits per heavy atom. The number of nitrogens with one attached hydrogen (secondary N) is 1. The fraction of sp³-hybridized carbons (Fsp3) is 0.455. The highest BCUT2D eigenvalue weighted by Crippen LogP contribution is 2.55. The van der Waals surface area contributed by atoms with Gasteiger partial charge in [0.05, 0.1) is 11.5 Å². The Balaban J connectivity index is 1.91.